The number of hydrogen-bond donors (Lipinski definition) is 0. The molecule has 0 aliphatic rings. The Hall–Kier alpha value is -2.63. The van der Waals surface area contributed by atoms with Crippen LogP contribution in [0.15, 0.2) is 48.6 Å². The number of carbonyl (C=O) groups is 3. The second-order valence-corrected chi connectivity index (χ2v) is 25.2. The van der Waals surface area contributed by atoms with Gasteiger partial charge in [-0.3, -0.25) is 14.4 Å². The summed E-state index contributed by atoms with van der Waals surface area (Å²) in [5, 5.41) is 0. The Kier molecular flexibility index (Phi) is 69.6. The van der Waals surface area contributed by atoms with Crippen molar-refractivity contribution >= 4 is 17.9 Å². The van der Waals surface area contributed by atoms with E-state index in [0.29, 0.717) is 19.3 Å². The highest BCUT2D eigenvalue weighted by atomic mass is 16.6. The molecule has 6 heteroatoms. The van der Waals surface area contributed by atoms with Gasteiger partial charge in [-0.15, -0.1) is 0 Å². The Morgan fingerprint density at radius 1 is 0.253 bits per heavy atom. The van der Waals surface area contributed by atoms with Gasteiger partial charge in [-0.05, 0) is 77.0 Å². The minimum Gasteiger partial charge on any atom is -0.462 e. The molecule has 0 N–H and O–H groups in total. The summed E-state index contributed by atoms with van der Waals surface area (Å²) in [5.74, 6) is -0.880. The van der Waals surface area contributed by atoms with Crippen molar-refractivity contribution < 1.29 is 28.6 Å². The molecule has 6 nitrogen and oxygen atoms in total. The third kappa shape index (κ3) is 70.0. The molecule has 0 aromatic rings. The van der Waals surface area contributed by atoms with Crippen LogP contribution in [0.1, 0.15) is 406 Å². The molecule has 0 fully saturated rings. The van der Waals surface area contributed by atoms with Gasteiger partial charge in [0.2, 0.25) is 0 Å². The summed E-state index contributed by atoms with van der Waals surface area (Å²) in [7, 11) is 0. The molecular weight excluding hydrogens is 1020 g/mol. The average molecular weight is 1160 g/mol. The largest absolute Gasteiger partial charge is 0.462 e. The van der Waals surface area contributed by atoms with Crippen molar-refractivity contribution in [2.75, 3.05) is 13.2 Å². The maximum absolute atomic E-state index is 12.9. The summed E-state index contributed by atoms with van der Waals surface area (Å²) >= 11 is 0. The van der Waals surface area contributed by atoms with Crippen LogP contribution in [0.2, 0.25) is 0 Å². The Bertz CT molecular complexity index is 1430. The van der Waals surface area contributed by atoms with Gasteiger partial charge in [-0.25, -0.2) is 0 Å². The number of rotatable bonds is 69. The number of hydrogen-bond acceptors (Lipinski definition) is 6. The summed E-state index contributed by atoms with van der Waals surface area (Å²) in [5.41, 5.74) is 0. The van der Waals surface area contributed by atoms with E-state index >= 15 is 0 Å². The van der Waals surface area contributed by atoms with E-state index in [1.54, 1.807) is 0 Å². The second kappa shape index (κ2) is 71.8. The maximum atomic E-state index is 12.9. The molecular formula is C77H142O6. The topological polar surface area (TPSA) is 78.9 Å². The SMILES string of the molecule is CC/C=C\C/C=C\C/C=C\CCCCCCCC(=O)OCC(COC(=O)CCCCCCCCCCCCCCCCCCCCCCCCCCCCCCCCCCCC)OC(=O)CCCCCCC/C=C\CCCCCCCCC. The summed E-state index contributed by atoms with van der Waals surface area (Å²) in [4.78, 5) is 38.4. The lowest BCUT2D eigenvalue weighted by Gasteiger charge is -2.18. The lowest BCUT2D eigenvalue weighted by atomic mass is 10.0. The van der Waals surface area contributed by atoms with Crippen molar-refractivity contribution in [3.05, 3.63) is 48.6 Å². The van der Waals surface area contributed by atoms with Crippen molar-refractivity contribution in [3.63, 3.8) is 0 Å². The Balaban J connectivity index is 4.11. The number of allylic oxidation sites excluding steroid dienone is 8. The molecule has 0 aromatic heterocycles. The van der Waals surface area contributed by atoms with Crippen LogP contribution < -0.4 is 0 Å². The molecule has 0 aliphatic carbocycles. The second-order valence-electron chi connectivity index (χ2n) is 25.2. The monoisotopic (exact) mass is 1160 g/mol. The molecule has 0 bridgehead atoms. The van der Waals surface area contributed by atoms with E-state index in [1.165, 1.54) is 257 Å². The minimum absolute atomic E-state index is 0.0783. The van der Waals surface area contributed by atoms with E-state index in [-0.39, 0.29) is 31.1 Å². The molecule has 83 heavy (non-hydrogen) atoms. The van der Waals surface area contributed by atoms with Gasteiger partial charge < -0.3 is 14.2 Å². The molecule has 486 valence electrons. The van der Waals surface area contributed by atoms with Crippen LogP contribution in [0.5, 0.6) is 0 Å². The maximum Gasteiger partial charge on any atom is 0.306 e. The molecule has 0 amide bonds. The van der Waals surface area contributed by atoms with E-state index in [1.807, 2.05) is 0 Å². The first-order valence-electron chi connectivity index (χ1n) is 37.1. The molecule has 1 unspecified atom stereocenters. The van der Waals surface area contributed by atoms with Crippen LogP contribution >= 0.6 is 0 Å². The highest BCUT2D eigenvalue weighted by molar-refractivity contribution is 5.71. The zero-order valence-corrected chi connectivity index (χ0v) is 56.0. The average Bonchev–Trinajstić information content (AvgIpc) is 3.49. The summed E-state index contributed by atoms with van der Waals surface area (Å²) in [6.07, 6.45) is 91.8. The number of ether oxygens (including phenoxy) is 3. The quantitative estimate of drug-likeness (QED) is 0.0261. The predicted molar refractivity (Wildman–Crippen MR) is 362 cm³/mol. The number of carbonyl (C=O) groups excluding carboxylic acids is 3. The molecule has 1 atom stereocenters. The molecule has 0 aromatic carbocycles. The Labute approximate surface area is 518 Å². The first-order chi connectivity index (χ1) is 41.0. The van der Waals surface area contributed by atoms with Crippen LogP contribution in [0.3, 0.4) is 0 Å². The third-order valence-electron chi connectivity index (χ3n) is 16.8. The Morgan fingerprint density at radius 2 is 0.470 bits per heavy atom. The van der Waals surface area contributed by atoms with E-state index in [9.17, 15) is 14.4 Å². The van der Waals surface area contributed by atoms with E-state index in [4.69, 9.17) is 14.2 Å². The minimum atomic E-state index is -0.785. The summed E-state index contributed by atoms with van der Waals surface area (Å²) in [6, 6.07) is 0. The van der Waals surface area contributed by atoms with Crippen molar-refractivity contribution in [1.82, 2.24) is 0 Å². The van der Waals surface area contributed by atoms with Gasteiger partial charge in [-0.2, -0.15) is 0 Å². The molecule has 0 saturated heterocycles. The smallest absolute Gasteiger partial charge is 0.306 e. The van der Waals surface area contributed by atoms with Crippen molar-refractivity contribution in [3.8, 4) is 0 Å². The lowest BCUT2D eigenvalue weighted by Crippen LogP contribution is -2.30. The Morgan fingerprint density at radius 3 is 0.747 bits per heavy atom. The molecule has 0 heterocycles. The predicted octanol–water partition coefficient (Wildman–Crippen LogP) is 25.7. The molecule has 0 radical (unpaired) electrons. The van der Waals surface area contributed by atoms with Gasteiger partial charge in [0.1, 0.15) is 13.2 Å². The molecule has 0 rings (SSSR count). The van der Waals surface area contributed by atoms with Gasteiger partial charge in [0.15, 0.2) is 6.10 Å². The van der Waals surface area contributed by atoms with Gasteiger partial charge in [0.05, 0.1) is 0 Å². The number of unbranched alkanes of at least 4 members (excludes halogenated alkanes) is 50. The van der Waals surface area contributed by atoms with Crippen LogP contribution in [-0.2, 0) is 28.6 Å². The fourth-order valence-electron chi connectivity index (χ4n) is 11.3. The first-order valence-corrected chi connectivity index (χ1v) is 37.1. The van der Waals surface area contributed by atoms with Gasteiger partial charge in [0, 0.05) is 19.3 Å². The van der Waals surface area contributed by atoms with Crippen molar-refractivity contribution in [2.45, 2.75) is 412 Å². The van der Waals surface area contributed by atoms with Crippen LogP contribution in [0.4, 0.5) is 0 Å². The highest BCUT2D eigenvalue weighted by Gasteiger charge is 2.19. The van der Waals surface area contributed by atoms with E-state index < -0.39 is 6.10 Å². The van der Waals surface area contributed by atoms with Crippen molar-refractivity contribution in [1.29, 1.82) is 0 Å². The van der Waals surface area contributed by atoms with E-state index in [0.717, 1.165) is 109 Å². The molecule has 0 saturated carbocycles. The van der Waals surface area contributed by atoms with Gasteiger partial charge >= 0.3 is 17.9 Å². The normalized spacial score (nSPS) is 12.3. The molecule has 0 spiro atoms. The van der Waals surface area contributed by atoms with Gasteiger partial charge in [-0.1, -0.05) is 358 Å². The zero-order valence-electron chi connectivity index (χ0n) is 56.0. The fraction of sp³-hybridized carbons (Fsp3) is 0.857. The van der Waals surface area contributed by atoms with Gasteiger partial charge in [0.25, 0.3) is 0 Å². The lowest BCUT2D eigenvalue weighted by molar-refractivity contribution is -0.167. The zero-order chi connectivity index (χ0) is 59.9. The molecule has 0 aliphatic heterocycles. The van der Waals surface area contributed by atoms with Crippen LogP contribution in [0, 0.1) is 0 Å². The van der Waals surface area contributed by atoms with Crippen LogP contribution in [0.25, 0.3) is 0 Å². The first kappa shape index (κ1) is 80.4. The number of esters is 3. The van der Waals surface area contributed by atoms with Crippen LogP contribution in [-0.4, -0.2) is 37.2 Å². The fourth-order valence-corrected chi connectivity index (χ4v) is 11.3. The highest BCUT2D eigenvalue weighted by Crippen LogP contribution is 2.19. The van der Waals surface area contributed by atoms with Crippen molar-refractivity contribution in [2.24, 2.45) is 0 Å². The summed E-state index contributed by atoms with van der Waals surface area (Å²) in [6.45, 7) is 6.57. The summed E-state index contributed by atoms with van der Waals surface area (Å²) < 4.78 is 17.0. The standard InChI is InChI=1S/C77H142O6/c1-4-7-10-13-16-19-22-25-28-30-31-32-33-34-35-36-37-38-39-40-41-42-43-44-45-46-47-50-52-55-58-61-64-67-70-76(79)82-73-74(72-81-75(78)69-66-63-60-57-54-51-48-27-24-21-18-15-12-9-6-3)83-77(80)71-68-65-62-59-56-53-49-29-26-23-20-17-14-11-8-5-2/h9,12,18,21,27,29,48-49,74H,4-8,10-11,13-17,19-20,22-26,28,30-47,50-73H2,1-3H3/b12-9-,21-18-,48-27-,49-29-. The van der Waals surface area contributed by atoms with E-state index in [2.05, 4.69) is 69.4 Å². The third-order valence-corrected chi connectivity index (χ3v) is 16.8.